The van der Waals surface area contributed by atoms with Gasteiger partial charge in [0.15, 0.2) is 0 Å². The Bertz CT molecular complexity index is 637. The van der Waals surface area contributed by atoms with Crippen molar-refractivity contribution in [3.63, 3.8) is 0 Å². The highest BCUT2D eigenvalue weighted by molar-refractivity contribution is 7.15. The van der Waals surface area contributed by atoms with Gasteiger partial charge in [-0.2, -0.15) is 0 Å². The lowest BCUT2D eigenvalue weighted by Gasteiger charge is -2.04. The van der Waals surface area contributed by atoms with E-state index >= 15 is 0 Å². The van der Waals surface area contributed by atoms with Crippen molar-refractivity contribution in [2.75, 3.05) is 5.32 Å². The Morgan fingerprint density at radius 2 is 2.28 bits per heavy atom. The molecule has 0 saturated carbocycles. The number of pyridine rings is 1. The molecule has 94 valence electrons. The van der Waals surface area contributed by atoms with Gasteiger partial charge >= 0.3 is 0 Å². The molecule has 6 nitrogen and oxygen atoms in total. The van der Waals surface area contributed by atoms with Gasteiger partial charge in [0, 0.05) is 12.3 Å². The number of hydrogen-bond acceptors (Lipinski definition) is 5. The highest BCUT2D eigenvalue weighted by Crippen LogP contribution is 2.13. The lowest BCUT2D eigenvalue weighted by atomic mass is 10.4. The van der Waals surface area contributed by atoms with Gasteiger partial charge in [-0.1, -0.05) is 22.9 Å². The summed E-state index contributed by atoms with van der Waals surface area (Å²) in [6, 6.07) is 2.79. The Morgan fingerprint density at radius 3 is 2.94 bits per heavy atom. The van der Waals surface area contributed by atoms with Gasteiger partial charge < -0.3 is 4.57 Å². The van der Waals surface area contributed by atoms with Crippen molar-refractivity contribution in [3.8, 4) is 0 Å². The van der Waals surface area contributed by atoms with Crippen molar-refractivity contribution < 1.29 is 4.79 Å². The fraction of sp³-hybridized carbons (Fsp3) is 0.200. The van der Waals surface area contributed by atoms with Crippen LogP contribution in [0.5, 0.6) is 0 Å². The fourth-order valence-corrected chi connectivity index (χ4v) is 2.08. The van der Waals surface area contributed by atoms with Crippen molar-refractivity contribution >= 4 is 34.0 Å². The minimum atomic E-state index is -0.351. The van der Waals surface area contributed by atoms with E-state index in [-0.39, 0.29) is 18.0 Å². The Kier molecular flexibility index (Phi) is 3.73. The second kappa shape index (κ2) is 5.28. The van der Waals surface area contributed by atoms with E-state index in [4.69, 9.17) is 11.6 Å². The number of nitrogens with one attached hydrogen (secondary N) is 1. The molecule has 0 aliphatic heterocycles. The first kappa shape index (κ1) is 12.7. The minimum absolute atomic E-state index is 0.113. The van der Waals surface area contributed by atoms with Gasteiger partial charge in [0.1, 0.15) is 11.6 Å². The van der Waals surface area contributed by atoms with E-state index in [1.54, 1.807) is 6.92 Å². The summed E-state index contributed by atoms with van der Waals surface area (Å²) in [6.07, 6.45) is 1.41. The lowest BCUT2D eigenvalue weighted by Crippen LogP contribution is -2.26. The third kappa shape index (κ3) is 3.14. The zero-order valence-corrected chi connectivity index (χ0v) is 11.0. The molecule has 1 amide bonds. The summed E-state index contributed by atoms with van der Waals surface area (Å²) in [7, 11) is 0. The van der Waals surface area contributed by atoms with E-state index < -0.39 is 0 Å². The van der Waals surface area contributed by atoms with E-state index in [2.05, 4.69) is 15.5 Å². The van der Waals surface area contributed by atoms with E-state index in [0.29, 0.717) is 10.2 Å². The molecule has 0 aliphatic carbocycles. The predicted octanol–water partition coefficient (Wildman–Crippen LogP) is 1.30. The maximum absolute atomic E-state index is 11.7. The summed E-state index contributed by atoms with van der Waals surface area (Å²) in [6.45, 7) is 1.67. The van der Waals surface area contributed by atoms with Gasteiger partial charge in [-0.3, -0.25) is 14.9 Å². The number of halogens is 1. The van der Waals surface area contributed by atoms with Gasteiger partial charge in [0.2, 0.25) is 11.0 Å². The van der Waals surface area contributed by atoms with E-state index in [1.807, 2.05) is 0 Å². The molecule has 2 heterocycles. The summed E-state index contributed by atoms with van der Waals surface area (Å²) in [5.74, 6) is -0.351. The van der Waals surface area contributed by atoms with Crippen molar-refractivity contribution in [1.29, 1.82) is 0 Å². The molecule has 0 unspecified atom stereocenters. The van der Waals surface area contributed by atoms with Crippen LogP contribution in [0.3, 0.4) is 0 Å². The second-order valence-electron chi connectivity index (χ2n) is 3.49. The summed E-state index contributed by atoms with van der Waals surface area (Å²) in [5.41, 5.74) is -0.289. The first-order valence-corrected chi connectivity index (χ1v) is 6.20. The molecule has 0 spiro atoms. The largest absolute Gasteiger partial charge is 0.305 e. The third-order valence-corrected chi connectivity index (χ3v) is 3.01. The van der Waals surface area contributed by atoms with Crippen molar-refractivity contribution in [3.05, 3.63) is 38.7 Å². The molecule has 2 aromatic heterocycles. The quantitative estimate of drug-likeness (QED) is 0.922. The maximum atomic E-state index is 11.7. The number of anilines is 1. The molecule has 0 atom stereocenters. The molecular weight excluding hydrogens is 276 g/mol. The molecule has 2 rings (SSSR count). The number of aromatic nitrogens is 3. The van der Waals surface area contributed by atoms with Gasteiger partial charge in [-0.15, -0.1) is 10.2 Å². The topological polar surface area (TPSA) is 76.9 Å². The monoisotopic (exact) mass is 284 g/mol. The molecule has 0 bridgehead atoms. The number of rotatable bonds is 3. The lowest BCUT2D eigenvalue weighted by molar-refractivity contribution is -0.116. The van der Waals surface area contributed by atoms with E-state index in [1.165, 1.54) is 34.2 Å². The average molecular weight is 285 g/mol. The fourth-order valence-electron chi connectivity index (χ4n) is 1.29. The average Bonchev–Trinajstić information content (AvgIpc) is 2.69. The summed E-state index contributed by atoms with van der Waals surface area (Å²) in [4.78, 5) is 23.1. The number of carbonyl (C=O) groups excluding carboxylic acids is 1. The maximum Gasteiger partial charge on any atom is 0.251 e. The zero-order chi connectivity index (χ0) is 13.1. The van der Waals surface area contributed by atoms with Crippen LogP contribution in [0.15, 0.2) is 23.1 Å². The van der Waals surface area contributed by atoms with Crippen LogP contribution in [0.1, 0.15) is 5.01 Å². The van der Waals surface area contributed by atoms with E-state index in [9.17, 15) is 9.59 Å². The first-order valence-electron chi connectivity index (χ1n) is 5.00. The third-order valence-electron chi connectivity index (χ3n) is 2.03. The molecule has 0 saturated heterocycles. The smallest absolute Gasteiger partial charge is 0.251 e. The van der Waals surface area contributed by atoms with E-state index in [0.717, 1.165) is 5.01 Å². The molecule has 2 aromatic rings. The zero-order valence-electron chi connectivity index (χ0n) is 9.38. The molecule has 1 N–H and O–H groups in total. The molecule has 0 fully saturated rings. The van der Waals surface area contributed by atoms with Crippen molar-refractivity contribution in [2.24, 2.45) is 0 Å². The summed E-state index contributed by atoms with van der Waals surface area (Å²) < 4.78 is 1.23. The molecule has 0 radical (unpaired) electrons. The van der Waals surface area contributed by atoms with Gasteiger partial charge in [-0.25, -0.2) is 0 Å². The van der Waals surface area contributed by atoms with Crippen LogP contribution in [0, 0.1) is 6.92 Å². The van der Waals surface area contributed by atoms with Gasteiger partial charge in [0.25, 0.3) is 5.56 Å². The van der Waals surface area contributed by atoms with Crippen LogP contribution in [0.4, 0.5) is 5.13 Å². The normalized spacial score (nSPS) is 10.3. The number of amides is 1. The van der Waals surface area contributed by atoms with Crippen molar-refractivity contribution in [2.45, 2.75) is 13.5 Å². The predicted molar refractivity (Wildman–Crippen MR) is 69.0 cm³/mol. The second-order valence-corrected chi connectivity index (χ2v) is 5.11. The van der Waals surface area contributed by atoms with Crippen molar-refractivity contribution in [1.82, 2.24) is 14.8 Å². The van der Waals surface area contributed by atoms with Crippen LogP contribution in [0.25, 0.3) is 0 Å². The Labute approximate surface area is 111 Å². The first-order chi connectivity index (χ1) is 8.54. The minimum Gasteiger partial charge on any atom is -0.305 e. The highest BCUT2D eigenvalue weighted by Gasteiger charge is 2.08. The Morgan fingerprint density at radius 1 is 1.50 bits per heavy atom. The van der Waals surface area contributed by atoms with Crippen LogP contribution >= 0.6 is 22.9 Å². The van der Waals surface area contributed by atoms with Crippen LogP contribution in [-0.2, 0) is 11.3 Å². The highest BCUT2D eigenvalue weighted by atomic mass is 35.5. The van der Waals surface area contributed by atoms with Crippen LogP contribution in [0.2, 0.25) is 5.02 Å². The SMILES string of the molecule is Cc1nnc(NC(=O)Cn2cc(Cl)ccc2=O)s1. The standard InChI is InChI=1S/C10H9ClN4O2S/c1-6-13-14-10(18-6)12-8(16)5-15-4-7(11)2-3-9(15)17/h2-4H,5H2,1H3,(H,12,14,16). The van der Waals surface area contributed by atoms with Gasteiger partial charge in [0.05, 0.1) is 5.02 Å². The van der Waals surface area contributed by atoms with Crippen LogP contribution < -0.4 is 10.9 Å². The molecule has 0 aromatic carbocycles. The number of hydrogen-bond donors (Lipinski definition) is 1. The number of aryl methyl sites for hydroxylation is 1. The molecule has 8 heteroatoms. The Balaban J connectivity index is 2.07. The summed E-state index contributed by atoms with van der Waals surface area (Å²) in [5, 5.41) is 11.7. The Hall–Kier alpha value is -1.73. The number of nitrogens with zero attached hydrogens (tertiary/aromatic N) is 3. The van der Waals surface area contributed by atoms with Gasteiger partial charge in [-0.05, 0) is 13.0 Å². The molecule has 0 aliphatic rings. The van der Waals surface area contributed by atoms with Crippen LogP contribution in [-0.4, -0.2) is 20.7 Å². The number of carbonyl (C=O) groups is 1. The molecular formula is C10H9ClN4O2S. The molecule has 18 heavy (non-hydrogen) atoms. The summed E-state index contributed by atoms with van der Waals surface area (Å²) >= 11 is 7.02.